The zero-order valence-corrected chi connectivity index (χ0v) is 37.1. The van der Waals surface area contributed by atoms with Gasteiger partial charge in [-0.05, 0) is 62.5 Å². The van der Waals surface area contributed by atoms with Crippen molar-refractivity contribution in [2.75, 3.05) is 0 Å². The summed E-state index contributed by atoms with van der Waals surface area (Å²) in [5.74, 6) is 0. The van der Waals surface area contributed by atoms with Crippen LogP contribution in [0.2, 0.25) is 26.2 Å². The quantitative estimate of drug-likeness (QED) is 0.0955. The van der Waals surface area contributed by atoms with Crippen LogP contribution in [0.3, 0.4) is 0 Å². The van der Waals surface area contributed by atoms with Gasteiger partial charge in [0, 0.05) is 0 Å². The maximum Gasteiger partial charge on any atom is 0.389 e. The number of hydrogen-bond donors (Lipinski definition) is 0. The third kappa shape index (κ3) is 8.22. The SMILES string of the molecule is C[SiH](C)O[Si](C)(C)O[Si](O[Si](O[Si](c1ccccc1)(c1ccccc1)c1ccccc1)(c1ccccc1)c1ccccc1)(c1ccccc1)c1ccccc1. The van der Waals surface area contributed by atoms with Crippen molar-refractivity contribution in [3.05, 3.63) is 212 Å². The molecule has 0 radical (unpaired) electrons. The lowest BCUT2D eigenvalue weighted by Gasteiger charge is -2.48. The first kappa shape index (κ1) is 38.7. The molecule has 276 valence electrons. The van der Waals surface area contributed by atoms with Gasteiger partial charge < -0.3 is 16.5 Å². The molecule has 0 aliphatic carbocycles. The van der Waals surface area contributed by atoms with Crippen molar-refractivity contribution in [3.8, 4) is 0 Å². The molecule has 7 aromatic rings. The third-order valence-corrected chi connectivity index (χ3v) is 29.4. The van der Waals surface area contributed by atoms with Crippen LogP contribution in [0.1, 0.15) is 0 Å². The van der Waals surface area contributed by atoms with Gasteiger partial charge in [-0.3, -0.25) is 0 Å². The Labute approximate surface area is 332 Å². The van der Waals surface area contributed by atoms with E-state index in [1.807, 2.05) is 0 Å². The Hall–Kier alpha value is -4.54. The van der Waals surface area contributed by atoms with Gasteiger partial charge in [0.15, 0.2) is 9.04 Å². The Morgan fingerprint density at radius 3 is 0.800 bits per heavy atom. The summed E-state index contributed by atoms with van der Waals surface area (Å²) in [4.78, 5) is 0. The number of hydrogen-bond acceptors (Lipinski definition) is 4. The predicted molar refractivity (Wildman–Crippen MR) is 240 cm³/mol. The predicted octanol–water partition coefficient (Wildman–Crippen LogP) is 5.92. The van der Waals surface area contributed by atoms with Crippen molar-refractivity contribution < 1.29 is 16.5 Å². The molecular weight excluding hydrogens is 757 g/mol. The van der Waals surface area contributed by atoms with Gasteiger partial charge in [0.05, 0.1) is 0 Å². The molecule has 0 bridgehead atoms. The van der Waals surface area contributed by atoms with E-state index >= 15 is 0 Å². The van der Waals surface area contributed by atoms with Crippen LogP contribution in [-0.4, -0.2) is 43.0 Å². The van der Waals surface area contributed by atoms with Crippen molar-refractivity contribution in [2.24, 2.45) is 0 Å². The van der Waals surface area contributed by atoms with Crippen LogP contribution in [0.5, 0.6) is 0 Å². The topological polar surface area (TPSA) is 36.9 Å². The Balaban J connectivity index is 1.63. The Kier molecular flexibility index (Phi) is 12.0. The van der Waals surface area contributed by atoms with Gasteiger partial charge in [-0.25, -0.2) is 0 Å². The highest BCUT2D eigenvalue weighted by atomic mass is 28.5. The van der Waals surface area contributed by atoms with E-state index in [-0.39, 0.29) is 0 Å². The Morgan fingerprint density at radius 2 is 0.545 bits per heavy atom. The van der Waals surface area contributed by atoms with E-state index in [0.717, 1.165) is 36.3 Å². The van der Waals surface area contributed by atoms with Crippen molar-refractivity contribution in [3.63, 3.8) is 0 Å². The van der Waals surface area contributed by atoms with Gasteiger partial charge in [0.2, 0.25) is 0 Å². The second kappa shape index (κ2) is 17.1. The molecule has 0 N–H and O–H groups in total. The van der Waals surface area contributed by atoms with Crippen molar-refractivity contribution in [1.82, 2.24) is 0 Å². The number of rotatable bonds is 15. The van der Waals surface area contributed by atoms with E-state index in [9.17, 15) is 0 Å². The molecule has 55 heavy (non-hydrogen) atoms. The van der Waals surface area contributed by atoms with E-state index < -0.39 is 43.0 Å². The molecule has 9 heteroatoms. The molecule has 0 aliphatic rings. The zero-order chi connectivity index (χ0) is 38.2. The zero-order valence-electron chi connectivity index (χ0n) is 31.9. The fourth-order valence-corrected chi connectivity index (χ4v) is 31.3. The standard InChI is InChI=1S/C46H48O4Si5/c1-51(2)47-52(3,4)48-54(43-32-18-8-19-33-43,44-34-20-9-21-35-44)50-55(45-36-22-10-23-37-45,46-38-24-11-25-39-46)49-53(40-26-12-5-13-27-40,41-28-14-6-15-29-41)42-30-16-7-17-31-42/h5-39,51H,1-4H3. The molecule has 0 atom stereocenters. The van der Waals surface area contributed by atoms with Gasteiger partial charge in [0.1, 0.15) is 0 Å². The van der Waals surface area contributed by atoms with Crippen molar-refractivity contribution in [1.29, 1.82) is 0 Å². The summed E-state index contributed by atoms with van der Waals surface area (Å²) < 4.78 is 31.6. The minimum absolute atomic E-state index is 1.01. The molecule has 4 nitrogen and oxygen atoms in total. The van der Waals surface area contributed by atoms with Gasteiger partial charge >= 0.3 is 25.7 Å². The van der Waals surface area contributed by atoms with Gasteiger partial charge in [0.25, 0.3) is 8.32 Å². The Bertz CT molecular complexity index is 2040. The molecule has 0 saturated heterocycles. The lowest BCUT2D eigenvalue weighted by Crippen LogP contribution is -2.82. The summed E-state index contributed by atoms with van der Waals surface area (Å²) in [5, 5.41) is 7.44. The van der Waals surface area contributed by atoms with E-state index in [2.05, 4.69) is 239 Å². The van der Waals surface area contributed by atoms with E-state index in [1.54, 1.807) is 0 Å². The fraction of sp³-hybridized carbons (Fsp3) is 0.0870. The maximum absolute atomic E-state index is 8.54. The fourth-order valence-electron chi connectivity index (χ4n) is 7.53. The van der Waals surface area contributed by atoms with Crippen LogP contribution in [0.4, 0.5) is 0 Å². The van der Waals surface area contributed by atoms with E-state index in [0.29, 0.717) is 0 Å². The lowest BCUT2D eigenvalue weighted by atomic mass is 10.3. The molecule has 7 aromatic carbocycles. The van der Waals surface area contributed by atoms with Crippen LogP contribution < -0.4 is 36.3 Å². The normalized spacial score (nSPS) is 12.5. The number of benzene rings is 7. The highest BCUT2D eigenvalue weighted by molar-refractivity contribution is 7.15. The van der Waals surface area contributed by atoms with Crippen LogP contribution in [-0.2, 0) is 16.5 Å². The third-order valence-electron chi connectivity index (χ3n) is 9.65. The molecule has 0 aliphatic heterocycles. The van der Waals surface area contributed by atoms with Crippen LogP contribution in [0.15, 0.2) is 212 Å². The van der Waals surface area contributed by atoms with Gasteiger partial charge in [-0.1, -0.05) is 212 Å². The monoisotopic (exact) mass is 804 g/mol. The highest BCUT2D eigenvalue weighted by Crippen LogP contribution is 2.27. The second-order valence-corrected chi connectivity index (χ2v) is 30.5. The summed E-state index contributed by atoms with van der Waals surface area (Å²) in [6.45, 7) is 8.76. The molecule has 0 heterocycles. The van der Waals surface area contributed by atoms with Crippen molar-refractivity contribution >= 4 is 79.3 Å². The molecule has 7 rings (SSSR count). The van der Waals surface area contributed by atoms with Crippen molar-refractivity contribution in [2.45, 2.75) is 26.2 Å². The molecular formula is C46H48O4Si5. The first-order valence-electron chi connectivity index (χ1n) is 18.9. The molecule has 0 saturated carbocycles. The minimum Gasteiger partial charge on any atom is -0.440 e. The lowest BCUT2D eigenvalue weighted by molar-refractivity contribution is 0.323. The average molecular weight is 805 g/mol. The minimum atomic E-state index is -3.90. The van der Waals surface area contributed by atoms with E-state index in [1.165, 1.54) is 0 Å². The molecule has 0 amide bonds. The second-order valence-electron chi connectivity index (χ2n) is 14.3. The highest BCUT2D eigenvalue weighted by Gasteiger charge is 2.60. The van der Waals surface area contributed by atoms with Crippen LogP contribution in [0, 0.1) is 0 Å². The van der Waals surface area contributed by atoms with Gasteiger partial charge in [-0.2, -0.15) is 0 Å². The summed E-state index contributed by atoms with van der Waals surface area (Å²) in [6, 6.07) is 74.8. The largest absolute Gasteiger partial charge is 0.440 e. The Morgan fingerprint density at radius 1 is 0.309 bits per heavy atom. The first-order chi connectivity index (χ1) is 26.8. The smallest absolute Gasteiger partial charge is 0.389 e. The molecule has 0 spiro atoms. The van der Waals surface area contributed by atoms with Gasteiger partial charge in [-0.15, -0.1) is 0 Å². The first-order valence-corrected chi connectivity index (χ1v) is 30.1. The summed E-state index contributed by atoms with van der Waals surface area (Å²) in [6.07, 6.45) is 0. The average Bonchev–Trinajstić information content (AvgIpc) is 3.24. The van der Waals surface area contributed by atoms with Crippen LogP contribution >= 0.6 is 0 Å². The van der Waals surface area contributed by atoms with Crippen LogP contribution in [0.25, 0.3) is 0 Å². The summed E-state index contributed by atoms with van der Waals surface area (Å²) in [7, 11) is -15.4. The molecule has 0 aromatic heterocycles. The summed E-state index contributed by atoms with van der Waals surface area (Å²) >= 11 is 0. The summed E-state index contributed by atoms with van der Waals surface area (Å²) in [5.41, 5.74) is 0. The van der Waals surface area contributed by atoms with E-state index in [4.69, 9.17) is 16.5 Å². The molecule has 0 unspecified atom stereocenters. The molecule has 0 fully saturated rings. The maximum atomic E-state index is 8.54.